The molecule has 0 spiro atoms. The summed E-state index contributed by atoms with van der Waals surface area (Å²) in [7, 11) is 0. The molecule has 2 rings (SSSR count). The summed E-state index contributed by atoms with van der Waals surface area (Å²) >= 11 is 0. The lowest BCUT2D eigenvalue weighted by Gasteiger charge is -2.32. The Balaban J connectivity index is 2.04. The van der Waals surface area contributed by atoms with E-state index in [0.29, 0.717) is 13.0 Å². The zero-order chi connectivity index (χ0) is 12.3. The SMILES string of the molecule is CCC(=O)N1CCC[C@@H](n2cc(CN)nn2)C1. The maximum absolute atomic E-state index is 11.7. The summed E-state index contributed by atoms with van der Waals surface area (Å²) in [5, 5.41) is 8.06. The lowest BCUT2D eigenvalue weighted by molar-refractivity contribution is -0.132. The average Bonchev–Trinajstić information content (AvgIpc) is 2.86. The molecule has 1 amide bonds. The van der Waals surface area contributed by atoms with Crippen molar-refractivity contribution in [1.29, 1.82) is 0 Å². The molecule has 17 heavy (non-hydrogen) atoms. The number of nitrogens with two attached hydrogens (primary N) is 1. The number of likely N-dealkylation sites (tertiary alicyclic amines) is 1. The van der Waals surface area contributed by atoms with Crippen LogP contribution in [-0.4, -0.2) is 38.9 Å². The standard InChI is InChI=1S/C11H19N5O/c1-2-11(17)15-5-3-4-10(8-15)16-7-9(6-12)13-14-16/h7,10H,2-6,8,12H2,1H3/t10-/m1/s1. The summed E-state index contributed by atoms with van der Waals surface area (Å²) in [5.41, 5.74) is 6.30. The number of rotatable bonds is 3. The molecule has 2 heterocycles. The van der Waals surface area contributed by atoms with Gasteiger partial charge in [-0.3, -0.25) is 4.79 Å². The van der Waals surface area contributed by atoms with Crippen molar-refractivity contribution in [2.45, 2.75) is 38.8 Å². The van der Waals surface area contributed by atoms with E-state index in [9.17, 15) is 4.79 Å². The van der Waals surface area contributed by atoms with Gasteiger partial charge in [0, 0.05) is 26.1 Å². The van der Waals surface area contributed by atoms with Gasteiger partial charge in [-0.15, -0.1) is 5.10 Å². The van der Waals surface area contributed by atoms with E-state index in [1.807, 2.05) is 22.7 Å². The number of carbonyl (C=O) groups is 1. The Morgan fingerprint density at radius 1 is 1.65 bits per heavy atom. The van der Waals surface area contributed by atoms with Crippen LogP contribution in [0.2, 0.25) is 0 Å². The predicted octanol–water partition coefficient (Wildman–Crippen LogP) is 0.310. The minimum atomic E-state index is 0.217. The highest BCUT2D eigenvalue weighted by molar-refractivity contribution is 5.75. The summed E-state index contributed by atoms with van der Waals surface area (Å²) in [5.74, 6) is 0.217. The van der Waals surface area contributed by atoms with Crippen molar-refractivity contribution in [3.8, 4) is 0 Å². The van der Waals surface area contributed by atoms with Crippen LogP contribution < -0.4 is 5.73 Å². The van der Waals surface area contributed by atoms with Gasteiger partial charge in [0.05, 0.1) is 17.9 Å². The monoisotopic (exact) mass is 237 g/mol. The predicted molar refractivity (Wildman–Crippen MR) is 63.1 cm³/mol. The Bertz CT molecular complexity index is 389. The summed E-state index contributed by atoms with van der Waals surface area (Å²) in [6, 6.07) is 0.243. The van der Waals surface area contributed by atoms with Gasteiger partial charge in [0.25, 0.3) is 0 Å². The van der Waals surface area contributed by atoms with Gasteiger partial charge in [-0.25, -0.2) is 4.68 Å². The molecule has 1 saturated heterocycles. The lowest BCUT2D eigenvalue weighted by Crippen LogP contribution is -2.40. The third kappa shape index (κ3) is 2.63. The second kappa shape index (κ2) is 5.27. The Morgan fingerprint density at radius 2 is 2.47 bits per heavy atom. The first-order valence-corrected chi connectivity index (χ1v) is 6.13. The highest BCUT2D eigenvalue weighted by Crippen LogP contribution is 2.21. The quantitative estimate of drug-likeness (QED) is 0.820. The number of carbonyl (C=O) groups excluding carboxylic acids is 1. The van der Waals surface area contributed by atoms with Crippen LogP contribution in [0.3, 0.4) is 0 Å². The molecule has 1 fully saturated rings. The second-order valence-electron chi connectivity index (χ2n) is 4.38. The molecule has 6 nitrogen and oxygen atoms in total. The van der Waals surface area contributed by atoms with Gasteiger partial charge < -0.3 is 10.6 Å². The highest BCUT2D eigenvalue weighted by Gasteiger charge is 2.24. The van der Waals surface area contributed by atoms with E-state index >= 15 is 0 Å². The van der Waals surface area contributed by atoms with Crippen LogP contribution in [0.25, 0.3) is 0 Å². The van der Waals surface area contributed by atoms with Crippen molar-refractivity contribution in [2.24, 2.45) is 5.73 Å². The van der Waals surface area contributed by atoms with Gasteiger partial charge in [0.15, 0.2) is 0 Å². The third-order valence-electron chi connectivity index (χ3n) is 3.19. The maximum Gasteiger partial charge on any atom is 0.222 e. The van der Waals surface area contributed by atoms with E-state index < -0.39 is 0 Å². The van der Waals surface area contributed by atoms with Crippen LogP contribution in [0.1, 0.15) is 37.9 Å². The van der Waals surface area contributed by atoms with Crippen LogP contribution in [-0.2, 0) is 11.3 Å². The zero-order valence-corrected chi connectivity index (χ0v) is 10.2. The van der Waals surface area contributed by atoms with Crippen molar-refractivity contribution >= 4 is 5.91 Å². The van der Waals surface area contributed by atoms with Crippen LogP contribution in [0.15, 0.2) is 6.20 Å². The summed E-state index contributed by atoms with van der Waals surface area (Å²) in [4.78, 5) is 13.6. The van der Waals surface area contributed by atoms with Crippen LogP contribution in [0.5, 0.6) is 0 Å². The Kier molecular flexibility index (Phi) is 3.73. The molecule has 1 aliphatic heterocycles. The molecule has 94 valence electrons. The minimum absolute atomic E-state index is 0.217. The van der Waals surface area contributed by atoms with Crippen molar-refractivity contribution in [1.82, 2.24) is 19.9 Å². The number of nitrogens with zero attached hydrogens (tertiary/aromatic N) is 4. The molecule has 1 aromatic rings. The van der Waals surface area contributed by atoms with Gasteiger partial charge in [0.1, 0.15) is 0 Å². The van der Waals surface area contributed by atoms with Crippen molar-refractivity contribution in [2.75, 3.05) is 13.1 Å². The van der Waals surface area contributed by atoms with Gasteiger partial charge in [-0.05, 0) is 12.8 Å². The van der Waals surface area contributed by atoms with E-state index in [4.69, 9.17) is 5.73 Å². The van der Waals surface area contributed by atoms with Gasteiger partial charge in [-0.2, -0.15) is 0 Å². The largest absolute Gasteiger partial charge is 0.341 e. The number of amides is 1. The normalized spacial score (nSPS) is 20.6. The molecule has 0 aromatic carbocycles. The molecule has 1 aromatic heterocycles. The Morgan fingerprint density at radius 3 is 3.12 bits per heavy atom. The smallest absolute Gasteiger partial charge is 0.222 e. The van der Waals surface area contributed by atoms with Gasteiger partial charge >= 0.3 is 0 Å². The van der Waals surface area contributed by atoms with E-state index in [2.05, 4.69) is 10.3 Å². The molecule has 1 aliphatic rings. The maximum atomic E-state index is 11.7. The number of hydrogen-bond acceptors (Lipinski definition) is 4. The topological polar surface area (TPSA) is 77.0 Å². The Labute approximate surface area is 101 Å². The number of hydrogen-bond donors (Lipinski definition) is 1. The fraction of sp³-hybridized carbons (Fsp3) is 0.727. The summed E-state index contributed by atoms with van der Waals surface area (Å²) in [6.45, 7) is 3.90. The second-order valence-corrected chi connectivity index (χ2v) is 4.38. The third-order valence-corrected chi connectivity index (χ3v) is 3.19. The van der Waals surface area contributed by atoms with Gasteiger partial charge in [-0.1, -0.05) is 12.1 Å². The first kappa shape index (κ1) is 12.0. The fourth-order valence-corrected chi connectivity index (χ4v) is 2.21. The molecule has 1 atom stereocenters. The summed E-state index contributed by atoms with van der Waals surface area (Å²) < 4.78 is 1.84. The molecule has 2 N–H and O–H groups in total. The fourth-order valence-electron chi connectivity index (χ4n) is 2.21. The van der Waals surface area contributed by atoms with Crippen LogP contribution >= 0.6 is 0 Å². The van der Waals surface area contributed by atoms with E-state index in [0.717, 1.165) is 31.6 Å². The van der Waals surface area contributed by atoms with Crippen LogP contribution in [0, 0.1) is 0 Å². The van der Waals surface area contributed by atoms with E-state index in [1.54, 1.807) is 0 Å². The molecule has 0 saturated carbocycles. The molecular weight excluding hydrogens is 218 g/mol. The molecule has 0 unspecified atom stereocenters. The Hall–Kier alpha value is -1.43. The van der Waals surface area contributed by atoms with E-state index in [1.165, 1.54) is 0 Å². The molecular formula is C11H19N5O. The molecule has 0 bridgehead atoms. The summed E-state index contributed by atoms with van der Waals surface area (Å²) in [6.07, 6.45) is 4.51. The molecule has 6 heteroatoms. The lowest BCUT2D eigenvalue weighted by atomic mass is 10.1. The van der Waals surface area contributed by atoms with Crippen molar-refractivity contribution in [3.05, 3.63) is 11.9 Å². The molecule has 0 aliphatic carbocycles. The van der Waals surface area contributed by atoms with Crippen molar-refractivity contribution < 1.29 is 4.79 Å². The minimum Gasteiger partial charge on any atom is -0.341 e. The number of piperidine rings is 1. The van der Waals surface area contributed by atoms with Gasteiger partial charge in [0.2, 0.25) is 5.91 Å². The van der Waals surface area contributed by atoms with Crippen molar-refractivity contribution in [3.63, 3.8) is 0 Å². The first-order chi connectivity index (χ1) is 8.24. The highest BCUT2D eigenvalue weighted by atomic mass is 16.2. The first-order valence-electron chi connectivity index (χ1n) is 6.13. The van der Waals surface area contributed by atoms with E-state index in [-0.39, 0.29) is 11.9 Å². The van der Waals surface area contributed by atoms with Crippen LogP contribution in [0.4, 0.5) is 0 Å². The average molecular weight is 237 g/mol. The zero-order valence-electron chi connectivity index (χ0n) is 10.2. The molecule has 0 radical (unpaired) electrons. The number of aromatic nitrogens is 3.